The Morgan fingerprint density at radius 3 is 2.44 bits per heavy atom. The van der Waals surface area contributed by atoms with Gasteiger partial charge in [0.1, 0.15) is 6.04 Å². The van der Waals surface area contributed by atoms with Gasteiger partial charge in [-0.3, -0.25) is 9.59 Å². The van der Waals surface area contributed by atoms with E-state index in [-0.39, 0.29) is 30.6 Å². The number of carbonyl (C=O) groups excluding carboxylic acids is 3. The van der Waals surface area contributed by atoms with E-state index in [0.29, 0.717) is 13.0 Å². The number of hydrogen-bond donors (Lipinski definition) is 0. The topological polar surface area (TPSA) is 72.9 Å². The fraction of sp³-hybridized carbons (Fsp3) is 0.526. The van der Waals surface area contributed by atoms with Crippen LogP contribution in [-0.4, -0.2) is 49.6 Å². The molecule has 2 rings (SSSR count). The number of ether oxygens (including phenoxy) is 2. The van der Waals surface area contributed by atoms with Crippen LogP contribution in [0.25, 0.3) is 0 Å². The molecule has 1 aliphatic heterocycles. The van der Waals surface area contributed by atoms with Crippen LogP contribution in [0.4, 0.5) is 0 Å². The van der Waals surface area contributed by atoms with Crippen LogP contribution in [0.15, 0.2) is 18.2 Å². The summed E-state index contributed by atoms with van der Waals surface area (Å²) in [5, 5.41) is 0. The van der Waals surface area contributed by atoms with Crippen molar-refractivity contribution >= 4 is 17.8 Å². The molecule has 1 amide bonds. The summed E-state index contributed by atoms with van der Waals surface area (Å²) in [6.07, 6.45) is 0.945. The Kier molecular flexibility index (Phi) is 6.17. The lowest BCUT2D eigenvalue weighted by atomic mass is 9.90. The molecule has 0 radical (unpaired) electrons. The molecule has 1 aliphatic rings. The standard InChI is InChI=1S/C19H25NO5/c1-12-5-6-13(2)15(9-12)11-17(21)20-8-7-14(18(22)24-3)10-16(20)19(23)25-4/h5-6,9,14,16H,7-8,10-11H2,1-4H3/t14-,16-/m1/s1. The Balaban J connectivity index is 2.17. The van der Waals surface area contributed by atoms with Gasteiger partial charge in [0, 0.05) is 6.54 Å². The molecule has 0 saturated carbocycles. The first-order chi connectivity index (χ1) is 11.9. The summed E-state index contributed by atoms with van der Waals surface area (Å²) < 4.78 is 9.62. The minimum absolute atomic E-state index is 0.132. The highest BCUT2D eigenvalue weighted by Gasteiger charge is 2.39. The van der Waals surface area contributed by atoms with E-state index in [4.69, 9.17) is 9.47 Å². The van der Waals surface area contributed by atoms with E-state index in [1.54, 1.807) is 0 Å². The fourth-order valence-electron chi connectivity index (χ4n) is 3.26. The van der Waals surface area contributed by atoms with Gasteiger partial charge in [-0.2, -0.15) is 0 Å². The minimum Gasteiger partial charge on any atom is -0.469 e. The van der Waals surface area contributed by atoms with Crippen LogP contribution in [-0.2, 0) is 30.3 Å². The molecule has 0 unspecified atom stereocenters. The highest BCUT2D eigenvalue weighted by molar-refractivity contribution is 5.87. The SMILES string of the molecule is COC(=O)[C@@H]1CCN(C(=O)Cc2cc(C)ccc2C)[C@@H](C(=O)OC)C1. The third-order valence-corrected chi connectivity index (χ3v) is 4.78. The van der Waals surface area contributed by atoms with Crippen molar-refractivity contribution in [2.75, 3.05) is 20.8 Å². The second kappa shape index (κ2) is 8.14. The Bertz CT molecular complexity index is 670. The van der Waals surface area contributed by atoms with Crippen molar-refractivity contribution in [3.63, 3.8) is 0 Å². The maximum atomic E-state index is 12.8. The normalized spacial score (nSPS) is 20.1. The molecule has 1 fully saturated rings. The zero-order chi connectivity index (χ0) is 18.6. The van der Waals surface area contributed by atoms with Gasteiger partial charge in [-0.05, 0) is 37.8 Å². The third kappa shape index (κ3) is 4.38. The van der Waals surface area contributed by atoms with Gasteiger partial charge in [0.25, 0.3) is 0 Å². The lowest BCUT2D eigenvalue weighted by Gasteiger charge is -2.37. The Morgan fingerprint density at radius 2 is 1.80 bits per heavy atom. The van der Waals surface area contributed by atoms with Gasteiger partial charge >= 0.3 is 11.9 Å². The van der Waals surface area contributed by atoms with Gasteiger partial charge in [0.15, 0.2) is 0 Å². The van der Waals surface area contributed by atoms with Gasteiger partial charge in [0.2, 0.25) is 5.91 Å². The number of rotatable bonds is 4. The molecule has 1 heterocycles. The van der Waals surface area contributed by atoms with Crippen LogP contribution >= 0.6 is 0 Å². The van der Waals surface area contributed by atoms with E-state index in [1.165, 1.54) is 19.1 Å². The van der Waals surface area contributed by atoms with Crippen LogP contribution in [0.2, 0.25) is 0 Å². The number of likely N-dealkylation sites (tertiary alicyclic amines) is 1. The summed E-state index contributed by atoms with van der Waals surface area (Å²) in [5.41, 5.74) is 3.07. The van der Waals surface area contributed by atoms with Crippen LogP contribution in [0, 0.1) is 19.8 Å². The lowest BCUT2D eigenvalue weighted by Crippen LogP contribution is -2.52. The second-order valence-corrected chi connectivity index (χ2v) is 6.48. The monoisotopic (exact) mass is 347 g/mol. The molecule has 0 aliphatic carbocycles. The predicted octanol–water partition coefficient (Wildman–Crippen LogP) is 1.80. The van der Waals surface area contributed by atoms with Crippen molar-refractivity contribution in [2.24, 2.45) is 5.92 Å². The number of benzene rings is 1. The molecule has 1 aromatic carbocycles. The van der Waals surface area contributed by atoms with Crippen LogP contribution in [0.5, 0.6) is 0 Å². The van der Waals surface area contributed by atoms with Crippen molar-refractivity contribution < 1.29 is 23.9 Å². The predicted molar refractivity (Wildman–Crippen MR) is 91.9 cm³/mol. The van der Waals surface area contributed by atoms with Crippen LogP contribution < -0.4 is 0 Å². The molecular formula is C19H25NO5. The van der Waals surface area contributed by atoms with Crippen molar-refractivity contribution in [2.45, 2.75) is 39.2 Å². The van der Waals surface area contributed by atoms with Crippen molar-refractivity contribution in [3.8, 4) is 0 Å². The summed E-state index contributed by atoms with van der Waals surface area (Å²) in [7, 11) is 2.62. The molecule has 6 heteroatoms. The van der Waals surface area contributed by atoms with Gasteiger partial charge in [-0.15, -0.1) is 0 Å². The van der Waals surface area contributed by atoms with Crippen LogP contribution in [0.3, 0.4) is 0 Å². The average molecular weight is 347 g/mol. The number of carbonyl (C=O) groups is 3. The quantitative estimate of drug-likeness (QED) is 0.777. The molecular weight excluding hydrogens is 322 g/mol. The first kappa shape index (κ1) is 19.0. The third-order valence-electron chi connectivity index (χ3n) is 4.78. The van der Waals surface area contributed by atoms with Crippen molar-refractivity contribution in [3.05, 3.63) is 34.9 Å². The van der Waals surface area contributed by atoms with E-state index >= 15 is 0 Å². The molecule has 2 atom stereocenters. The Hall–Kier alpha value is -2.37. The maximum Gasteiger partial charge on any atom is 0.328 e. The fourth-order valence-corrected chi connectivity index (χ4v) is 3.26. The lowest BCUT2D eigenvalue weighted by molar-refractivity contribution is -0.159. The van der Waals surface area contributed by atoms with Gasteiger partial charge in [0.05, 0.1) is 26.6 Å². The van der Waals surface area contributed by atoms with E-state index in [2.05, 4.69) is 0 Å². The number of hydrogen-bond acceptors (Lipinski definition) is 5. The number of methoxy groups -OCH3 is 2. The van der Waals surface area contributed by atoms with Gasteiger partial charge in [-0.1, -0.05) is 23.8 Å². The first-order valence-electron chi connectivity index (χ1n) is 8.38. The molecule has 25 heavy (non-hydrogen) atoms. The van der Waals surface area contributed by atoms with Gasteiger partial charge < -0.3 is 14.4 Å². The Labute approximate surface area is 148 Å². The first-order valence-corrected chi connectivity index (χ1v) is 8.38. The zero-order valence-corrected chi connectivity index (χ0v) is 15.2. The minimum atomic E-state index is -0.750. The Morgan fingerprint density at radius 1 is 1.12 bits per heavy atom. The summed E-state index contributed by atoms with van der Waals surface area (Å²) in [6.45, 7) is 4.28. The number of amides is 1. The molecule has 136 valence electrons. The highest BCUT2D eigenvalue weighted by atomic mass is 16.5. The van der Waals surface area contributed by atoms with Crippen molar-refractivity contribution in [1.82, 2.24) is 4.90 Å². The van der Waals surface area contributed by atoms with Crippen LogP contribution in [0.1, 0.15) is 29.5 Å². The molecule has 0 aromatic heterocycles. The van der Waals surface area contributed by atoms with E-state index in [9.17, 15) is 14.4 Å². The molecule has 0 bridgehead atoms. The highest BCUT2D eigenvalue weighted by Crippen LogP contribution is 2.26. The maximum absolute atomic E-state index is 12.8. The molecule has 0 N–H and O–H groups in total. The van der Waals surface area contributed by atoms with Gasteiger partial charge in [-0.25, -0.2) is 4.79 Å². The van der Waals surface area contributed by atoms with E-state index in [1.807, 2.05) is 32.0 Å². The summed E-state index contributed by atoms with van der Waals surface area (Å²) in [6, 6.07) is 5.23. The summed E-state index contributed by atoms with van der Waals surface area (Å²) in [4.78, 5) is 38.3. The number of piperidine rings is 1. The molecule has 1 saturated heterocycles. The van der Waals surface area contributed by atoms with E-state index < -0.39 is 12.0 Å². The number of esters is 2. The molecule has 6 nitrogen and oxygen atoms in total. The largest absolute Gasteiger partial charge is 0.469 e. The van der Waals surface area contributed by atoms with E-state index in [0.717, 1.165) is 16.7 Å². The van der Waals surface area contributed by atoms with Crippen molar-refractivity contribution in [1.29, 1.82) is 0 Å². The molecule has 0 spiro atoms. The number of aryl methyl sites for hydroxylation is 2. The average Bonchev–Trinajstić information content (AvgIpc) is 2.62. The number of nitrogens with zero attached hydrogens (tertiary/aromatic N) is 1. The smallest absolute Gasteiger partial charge is 0.328 e. The molecule has 1 aromatic rings. The zero-order valence-electron chi connectivity index (χ0n) is 15.2. The summed E-state index contributed by atoms with van der Waals surface area (Å²) in [5.74, 6) is -1.37. The second-order valence-electron chi connectivity index (χ2n) is 6.48. The summed E-state index contributed by atoms with van der Waals surface area (Å²) >= 11 is 0.